The highest BCUT2D eigenvalue weighted by Gasteiger charge is 2.23. The van der Waals surface area contributed by atoms with E-state index in [-0.39, 0.29) is 19.1 Å². The zero-order valence-corrected chi connectivity index (χ0v) is 13.0. The van der Waals surface area contributed by atoms with Gasteiger partial charge in [0.05, 0.1) is 6.61 Å². The van der Waals surface area contributed by atoms with Gasteiger partial charge in [-0.25, -0.2) is 0 Å². The Balaban J connectivity index is 2.07. The van der Waals surface area contributed by atoms with Crippen LogP contribution in [0.15, 0.2) is 36.4 Å². The van der Waals surface area contributed by atoms with Crippen molar-refractivity contribution in [1.82, 2.24) is 5.32 Å². The van der Waals surface area contributed by atoms with Crippen LogP contribution in [0.1, 0.15) is 21.5 Å². The number of hydrogen-bond acceptors (Lipinski definition) is 2. The molecule has 1 aliphatic carbocycles. The number of nitrogens with one attached hydrogen (secondary N) is 1. The summed E-state index contributed by atoms with van der Waals surface area (Å²) in [5.41, 5.74) is 5.34. The maximum atomic E-state index is 12.2. The molecule has 0 fully saturated rings. The number of benzene rings is 2. The molecule has 2 N–H and O–H groups in total. The third-order valence-corrected chi connectivity index (χ3v) is 4.18. The molecule has 20 heavy (non-hydrogen) atoms. The van der Waals surface area contributed by atoms with Gasteiger partial charge in [-0.15, -0.1) is 0 Å². The lowest BCUT2D eigenvalue weighted by Gasteiger charge is -2.09. The predicted molar refractivity (Wildman–Crippen MR) is 86.8 cm³/mol. The highest BCUT2D eigenvalue weighted by molar-refractivity contribution is 14.1. The monoisotopic (exact) mass is 379 g/mol. The minimum absolute atomic E-state index is 0.0461. The topological polar surface area (TPSA) is 49.3 Å². The van der Waals surface area contributed by atoms with Crippen molar-refractivity contribution in [3.8, 4) is 11.1 Å². The second kappa shape index (κ2) is 5.54. The normalized spacial score (nSPS) is 11.9. The molecular formula is C16H14INO2. The van der Waals surface area contributed by atoms with Gasteiger partial charge in [0.2, 0.25) is 0 Å². The first-order valence-electron chi connectivity index (χ1n) is 6.50. The quantitative estimate of drug-likeness (QED) is 0.688. The Bertz CT molecular complexity index is 682. The summed E-state index contributed by atoms with van der Waals surface area (Å²) in [5, 5.41) is 11.6. The molecule has 102 valence electrons. The van der Waals surface area contributed by atoms with Crippen LogP contribution in [0, 0.1) is 3.57 Å². The predicted octanol–water partition coefficient (Wildman–Crippen LogP) is 2.58. The molecule has 3 nitrogen and oxygen atoms in total. The van der Waals surface area contributed by atoms with Crippen LogP contribution < -0.4 is 5.32 Å². The zero-order chi connectivity index (χ0) is 14.1. The van der Waals surface area contributed by atoms with Crippen LogP contribution in [-0.4, -0.2) is 24.2 Å². The summed E-state index contributed by atoms with van der Waals surface area (Å²) in [5.74, 6) is -0.123. The van der Waals surface area contributed by atoms with Crippen LogP contribution in [0.2, 0.25) is 0 Å². The molecule has 4 heteroatoms. The molecule has 0 saturated heterocycles. The van der Waals surface area contributed by atoms with E-state index in [1.165, 1.54) is 14.7 Å². The number of halogens is 1. The molecule has 3 rings (SSSR count). The summed E-state index contributed by atoms with van der Waals surface area (Å²) in [6.45, 7) is 0.234. The second-order valence-electron chi connectivity index (χ2n) is 4.80. The first-order valence-corrected chi connectivity index (χ1v) is 7.58. The lowest BCUT2D eigenvalue weighted by molar-refractivity contribution is 0.0945. The number of aliphatic hydroxyl groups excluding tert-OH is 1. The number of rotatable bonds is 3. The fourth-order valence-corrected chi connectivity index (χ4v) is 3.23. The number of amides is 1. The van der Waals surface area contributed by atoms with E-state index in [1.54, 1.807) is 0 Å². The van der Waals surface area contributed by atoms with E-state index in [1.807, 2.05) is 12.1 Å². The molecule has 0 radical (unpaired) electrons. The fourth-order valence-electron chi connectivity index (χ4n) is 2.68. The lowest BCUT2D eigenvalue weighted by Crippen LogP contribution is -2.26. The van der Waals surface area contributed by atoms with E-state index in [0.717, 1.165) is 17.5 Å². The maximum absolute atomic E-state index is 12.2. The molecule has 0 spiro atoms. The minimum atomic E-state index is -0.123. The molecule has 0 aromatic heterocycles. The van der Waals surface area contributed by atoms with Gasteiger partial charge in [-0.1, -0.05) is 18.2 Å². The summed E-state index contributed by atoms with van der Waals surface area (Å²) < 4.78 is 1.21. The van der Waals surface area contributed by atoms with Crippen LogP contribution in [0.25, 0.3) is 11.1 Å². The zero-order valence-electron chi connectivity index (χ0n) is 10.8. The fraction of sp³-hybridized carbons (Fsp3) is 0.188. The molecule has 0 aliphatic heterocycles. The van der Waals surface area contributed by atoms with Gasteiger partial charge in [0.25, 0.3) is 5.91 Å². The summed E-state index contributed by atoms with van der Waals surface area (Å²) >= 11 is 2.31. The molecule has 0 saturated carbocycles. The number of fused-ring (bicyclic) bond motifs is 3. The van der Waals surface area contributed by atoms with E-state index < -0.39 is 0 Å². The largest absolute Gasteiger partial charge is 0.395 e. The number of carbonyl (C=O) groups excluding carboxylic acids is 1. The van der Waals surface area contributed by atoms with E-state index in [0.29, 0.717) is 5.56 Å². The van der Waals surface area contributed by atoms with Crippen molar-refractivity contribution < 1.29 is 9.90 Å². The highest BCUT2D eigenvalue weighted by Crippen LogP contribution is 2.39. The molecule has 2 aromatic rings. The van der Waals surface area contributed by atoms with Crippen molar-refractivity contribution in [1.29, 1.82) is 0 Å². The van der Waals surface area contributed by atoms with E-state index in [4.69, 9.17) is 5.11 Å². The lowest BCUT2D eigenvalue weighted by atomic mass is 9.99. The molecule has 2 aromatic carbocycles. The first-order chi connectivity index (χ1) is 9.70. The summed E-state index contributed by atoms with van der Waals surface area (Å²) in [6.07, 6.45) is 0.878. The average molecular weight is 379 g/mol. The summed E-state index contributed by atoms with van der Waals surface area (Å²) in [4.78, 5) is 12.2. The Labute approximate surface area is 131 Å². The van der Waals surface area contributed by atoms with Gasteiger partial charge in [-0.3, -0.25) is 4.79 Å². The number of hydrogen-bond donors (Lipinski definition) is 2. The van der Waals surface area contributed by atoms with Crippen molar-refractivity contribution in [2.45, 2.75) is 6.42 Å². The number of aliphatic hydroxyl groups is 1. The van der Waals surface area contributed by atoms with Crippen LogP contribution in [0.5, 0.6) is 0 Å². The Morgan fingerprint density at radius 2 is 2.10 bits per heavy atom. The summed E-state index contributed by atoms with van der Waals surface area (Å²) in [6, 6.07) is 12.2. The van der Waals surface area contributed by atoms with Crippen LogP contribution in [0.3, 0.4) is 0 Å². The van der Waals surface area contributed by atoms with Gasteiger partial charge in [0, 0.05) is 15.7 Å². The van der Waals surface area contributed by atoms with Gasteiger partial charge in [-0.2, -0.15) is 0 Å². The summed E-state index contributed by atoms with van der Waals surface area (Å²) in [7, 11) is 0. The number of carbonyl (C=O) groups is 1. The average Bonchev–Trinajstić information content (AvgIpc) is 2.81. The smallest absolute Gasteiger partial charge is 0.252 e. The molecular weight excluding hydrogens is 365 g/mol. The molecule has 0 heterocycles. The van der Waals surface area contributed by atoms with Crippen LogP contribution in [0.4, 0.5) is 0 Å². The van der Waals surface area contributed by atoms with Crippen molar-refractivity contribution in [2.75, 3.05) is 13.2 Å². The van der Waals surface area contributed by atoms with Crippen molar-refractivity contribution >= 4 is 28.5 Å². The Morgan fingerprint density at radius 1 is 1.25 bits per heavy atom. The molecule has 0 bridgehead atoms. The van der Waals surface area contributed by atoms with E-state index >= 15 is 0 Å². The standard InChI is InChI=1S/C16H14INO2/c17-12-4-5-13-11(9-12)8-10-2-1-3-14(15(10)13)16(20)18-6-7-19/h1-5,9,19H,6-8H2,(H,18,20). The Kier molecular flexibility index (Phi) is 3.76. The van der Waals surface area contributed by atoms with E-state index in [2.05, 4.69) is 52.2 Å². The van der Waals surface area contributed by atoms with Gasteiger partial charge < -0.3 is 10.4 Å². The van der Waals surface area contributed by atoms with Crippen molar-refractivity contribution in [3.05, 3.63) is 56.7 Å². The molecule has 0 atom stereocenters. The Morgan fingerprint density at radius 3 is 2.90 bits per heavy atom. The van der Waals surface area contributed by atoms with E-state index in [9.17, 15) is 4.79 Å². The molecule has 0 unspecified atom stereocenters. The van der Waals surface area contributed by atoms with Gasteiger partial charge in [-0.05, 0) is 69.5 Å². The van der Waals surface area contributed by atoms with Crippen molar-refractivity contribution in [2.24, 2.45) is 0 Å². The highest BCUT2D eigenvalue weighted by atomic mass is 127. The molecule has 1 amide bonds. The second-order valence-corrected chi connectivity index (χ2v) is 6.04. The van der Waals surface area contributed by atoms with Gasteiger partial charge >= 0.3 is 0 Å². The SMILES string of the molecule is O=C(NCCO)c1cccc2c1-c1ccc(I)cc1C2. The van der Waals surface area contributed by atoms with Crippen LogP contribution >= 0.6 is 22.6 Å². The van der Waals surface area contributed by atoms with Gasteiger partial charge in [0.15, 0.2) is 0 Å². The molecule has 1 aliphatic rings. The maximum Gasteiger partial charge on any atom is 0.252 e. The minimum Gasteiger partial charge on any atom is -0.395 e. The van der Waals surface area contributed by atoms with Crippen molar-refractivity contribution in [3.63, 3.8) is 0 Å². The third kappa shape index (κ3) is 2.33. The third-order valence-electron chi connectivity index (χ3n) is 3.51. The Hall–Kier alpha value is -1.40. The van der Waals surface area contributed by atoms with Gasteiger partial charge in [0.1, 0.15) is 0 Å². The van der Waals surface area contributed by atoms with Crippen LogP contribution in [-0.2, 0) is 6.42 Å². The first kappa shape index (κ1) is 13.6.